The van der Waals surface area contributed by atoms with Gasteiger partial charge in [0, 0.05) is 5.54 Å². The molecule has 0 saturated heterocycles. The molecule has 0 fully saturated rings. The third-order valence-electron chi connectivity index (χ3n) is 3.14. The summed E-state index contributed by atoms with van der Waals surface area (Å²) >= 11 is 6.27. The van der Waals surface area contributed by atoms with Crippen molar-refractivity contribution in [3.05, 3.63) is 22.3 Å². The molecule has 1 unspecified atom stereocenters. The molecule has 0 aromatic heterocycles. The summed E-state index contributed by atoms with van der Waals surface area (Å²) in [6.45, 7) is 11.1. The molecule has 2 heteroatoms. The molecule has 0 aromatic rings. The van der Waals surface area contributed by atoms with Crippen LogP contribution in [0.15, 0.2) is 22.3 Å². The molecule has 0 aliphatic heterocycles. The van der Waals surface area contributed by atoms with E-state index in [0.717, 1.165) is 0 Å². The summed E-state index contributed by atoms with van der Waals surface area (Å²) in [5.41, 5.74) is 6.58. The minimum Gasteiger partial charge on any atom is -0.171 e. The van der Waals surface area contributed by atoms with Gasteiger partial charge in [0.1, 0.15) is 8.11 Å². The van der Waals surface area contributed by atoms with Crippen LogP contribution in [0.3, 0.4) is 0 Å². The molecular weight excluding hydrogens is 184 g/mol. The lowest BCUT2D eigenvalue weighted by Gasteiger charge is -2.15. The van der Waals surface area contributed by atoms with E-state index in [1.54, 1.807) is 0 Å². The van der Waals surface area contributed by atoms with E-state index in [2.05, 4.69) is 34.2 Å². The van der Waals surface area contributed by atoms with Gasteiger partial charge in [0.05, 0.1) is 0 Å². The SMILES string of the molecule is CC1=C(C)C([SiH](C)Cl)C(C)=C1C. The Morgan fingerprint density at radius 2 is 1.33 bits per heavy atom. The average molecular weight is 201 g/mol. The monoisotopic (exact) mass is 200 g/mol. The Labute approximate surface area is 81.6 Å². The first-order valence-corrected chi connectivity index (χ1v) is 8.02. The zero-order valence-corrected chi connectivity index (χ0v) is 10.4. The predicted molar refractivity (Wildman–Crippen MR) is 59.4 cm³/mol. The fourth-order valence-electron chi connectivity index (χ4n) is 2.07. The summed E-state index contributed by atoms with van der Waals surface area (Å²) in [5, 5.41) is 0. The van der Waals surface area contributed by atoms with Crippen molar-refractivity contribution in [1.82, 2.24) is 0 Å². The molecule has 1 aliphatic rings. The standard InChI is InChI=1S/C10H17ClSi/c1-6-7(2)9(4)10(8(6)3)12(5)11/h10,12H,1-5H3. The van der Waals surface area contributed by atoms with E-state index < -0.39 is 8.11 Å². The minimum atomic E-state index is -1.06. The first-order valence-electron chi connectivity index (χ1n) is 4.46. The maximum atomic E-state index is 6.27. The highest BCUT2D eigenvalue weighted by Crippen LogP contribution is 2.43. The highest BCUT2D eigenvalue weighted by molar-refractivity contribution is 7.07. The molecule has 0 nitrogen and oxygen atoms in total. The molecule has 1 atom stereocenters. The molecule has 0 bridgehead atoms. The van der Waals surface area contributed by atoms with Crippen LogP contribution in [0.2, 0.25) is 12.1 Å². The summed E-state index contributed by atoms with van der Waals surface area (Å²) in [5.74, 6) is 0. The van der Waals surface area contributed by atoms with E-state index in [1.165, 1.54) is 22.3 Å². The van der Waals surface area contributed by atoms with Crippen molar-refractivity contribution in [2.24, 2.45) is 0 Å². The zero-order valence-electron chi connectivity index (χ0n) is 8.53. The van der Waals surface area contributed by atoms with Crippen LogP contribution >= 0.6 is 11.1 Å². The third kappa shape index (κ3) is 1.40. The van der Waals surface area contributed by atoms with Crippen molar-refractivity contribution < 1.29 is 0 Å². The molecule has 0 saturated carbocycles. The average Bonchev–Trinajstić information content (AvgIpc) is 2.16. The van der Waals surface area contributed by atoms with Crippen LogP contribution in [0.1, 0.15) is 27.7 Å². The quantitative estimate of drug-likeness (QED) is 0.448. The van der Waals surface area contributed by atoms with Crippen LogP contribution in [0.5, 0.6) is 0 Å². The lowest BCUT2D eigenvalue weighted by atomic mass is 10.1. The lowest BCUT2D eigenvalue weighted by molar-refractivity contribution is 1.11. The Kier molecular flexibility index (Phi) is 2.84. The van der Waals surface area contributed by atoms with E-state index in [9.17, 15) is 0 Å². The van der Waals surface area contributed by atoms with Crippen molar-refractivity contribution in [2.45, 2.75) is 39.8 Å². The summed E-state index contributed by atoms with van der Waals surface area (Å²) in [7, 11) is -1.06. The van der Waals surface area contributed by atoms with Gasteiger partial charge in [0.15, 0.2) is 0 Å². The Morgan fingerprint density at radius 3 is 1.50 bits per heavy atom. The fourth-order valence-corrected chi connectivity index (χ4v) is 5.08. The van der Waals surface area contributed by atoms with Gasteiger partial charge in [-0.1, -0.05) is 17.7 Å². The molecule has 1 rings (SSSR count). The van der Waals surface area contributed by atoms with Crippen molar-refractivity contribution in [2.75, 3.05) is 0 Å². The van der Waals surface area contributed by atoms with Crippen molar-refractivity contribution >= 4 is 19.2 Å². The van der Waals surface area contributed by atoms with Gasteiger partial charge in [-0.15, -0.1) is 0 Å². The minimum absolute atomic E-state index is 0.617. The molecule has 0 heterocycles. The summed E-state index contributed by atoms with van der Waals surface area (Å²) in [4.78, 5) is 0. The molecule has 0 N–H and O–H groups in total. The highest BCUT2D eigenvalue weighted by Gasteiger charge is 2.28. The van der Waals surface area contributed by atoms with Crippen LogP contribution in [0, 0.1) is 0 Å². The van der Waals surface area contributed by atoms with Gasteiger partial charge in [-0.25, -0.2) is 0 Å². The van der Waals surface area contributed by atoms with Gasteiger partial charge in [-0.2, -0.15) is 11.1 Å². The molecule has 0 spiro atoms. The van der Waals surface area contributed by atoms with E-state index in [1.807, 2.05) is 0 Å². The normalized spacial score (nSPS) is 22.5. The molecule has 0 amide bonds. The van der Waals surface area contributed by atoms with Crippen molar-refractivity contribution in [3.8, 4) is 0 Å². The molecular formula is C10H17ClSi. The number of halogens is 1. The van der Waals surface area contributed by atoms with Gasteiger partial charge in [0.2, 0.25) is 0 Å². The lowest BCUT2D eigenvalue weighted by Crippen LogP contribution is -2.10. The Balaban J connectivity index is 3.08. The van der Waals surface area contributed by atoms with Crippen LogP contribution in [0.4, 0.5) is 0 Å². The summed E-state index contributed by atoms with van der Waals surface area (Å²) in [6.07, 6.45) is 0. The van der Waals surface area contributed by atoms with Gasteiger partial charge >= 0.3 is 0 Å². The second-order valence-corrected chi connectivity index (χ2v) is 7.86. The van der Waals surface area contributed by atoms with E-state index in [4.69, 9.17) is 11.1 Å². The van der Waals surface area contributed by atoms with Crippen molar-refractivity contribution in [3.63, 3.8) is 0 Å². The Bertz CT molecular complexity index is 237. The van der Waals surface area contributed by atoms with Crippen LogP contribution < -0.4 is 0 Å². The summed E-state index contributed by atoms with van der Waals surface area (Å²) in [6, 6.07) is 0. The van der Waals surface area contributed by atoms with Crippen LogP contribution in [-0.4, -0.2) is 8.11 Å². The highest BCUT2D eigenvalue weighted by atomic mass is 35.6. The maximum absolute atomic E-state index is 6.27. The summed E-state index contributed by atoms with van der Waals surface area (Å²) < 4.78 is 0. The third-order valence-corrected chi connectivity index (χ3v) is 5.81. The first-order chi connectivity index (χ1) is 5.46. The Hall–Kier alpha value is -0.0131. The van der Waals surface area contributed by atoms with E-state index in [0.29, 0.717) is 5.54 Å². The number of allylic oxidation sites excluding steroid dienone is 4. The topological polar surface area (TPSA) is 0 Å². The van der Waals surface area contributed by atoms with E-state index in [-0.39, 0.29) is 0 Å². The second kappa shape index (κ2) is 3.39. The molecule has 0 radical (unpaired) electrons. The van der Waals surface area contributed by atoms with Crippen molar-refractivity contribution in [1.29, 1.82) is 0 Å². The fraction of sp³-hybridized carbons (Fsp3) is 0.600. The van der Waals surface area contributed by atoms with E-state index >= 15 is 0 Å². The molecule has 12 heavy (non-hydrogen) atoms. The van der Waals surface area contributed by atoms with Gasteiger partial charge < -0.3 is 0 Å². The Morgan fingerprint density at radius 1 is 1.00 bits per heavy atom. The number of hydrogen-bond acceptors (Lipinski definition) is 0. The van der Waals surface area contributed by atoms with Crippen LogP contribution in [0.25, 0.3) is 0 Å². The predicted octanol–water partition coefficient (Wildman–Crippen LogP) is 3.64. The molecule has 68 valence electrons. The molecule has 0 aromatic carbocycles. The molecule has 1 aliphatic carbocycles. The number of hydrogen-bond donors (Lipinski definition) is 0. The maximum Gasteiger partial charge on any atom is 0.149 e. The number of rotatable bonds is 1. The smallest absolute Gasteiger partial charge is 0.149 e. The second-order valence-electron chi connectivity index (χ2n) is 3.77. The van der Waals surface area contributed by atoms with Gasteiger partial charge in [-0.3, -0.25) is 0 Å². The first kappa shape index (κ1) is 10.1. The van der Waals surface area contributed by atoms with Gasteiger partial charge in [0.25, 0.3) is 0 Å². The zero-order chi connectivity index (χ0) is 9.46. The van der Waals surface area contributed by atoms with Crippen LogP contribution in [-0.2, 0) is 0 Å². The largest absolute Gasteiger partial charge is 0.171 e. The van der Waals surface area contributed by atoms with Gasteiger partial charge in [-0.05, 0) is 38.8 Å².